The molecule has 1 amide bonds. The van der Waals surface area contributed by atoms with Gasteiger partial charge >= 0.3 is 0 Å². The van der Waals surface area contributed by atoms with Crippen LogP contribution in [0.15, 0.2) is 34.8 Å². The SMILES string of the molecule is CC(=O)N(c1nc(CSc2nnc(-n3nc(C)cc3C)n2N)cs1)c1cccc(C)c1C. The lowest BCUT2D eigenvalue weighted by Crippen LogP contribution is -2.23. The van der Waals surface area contributed by atoms with E-state index in [1.54, 1.807) is 16.5 Å². The number of carbonyl (C=O) groups is 1. The maximum Gasteiger partial charge on any atom is 0.271 e. The highest BCUT2D eigenvalue weighted by Crippen LogP contribution is 2.33. The first-order valence-electron chi connectivity index (χ1n) is 9.94. The summed E-state index contributed by atoms with van der Waals surface area (Å²) in [5, 5.41) is 15.9. The smallest absolute Gasteiger partial charge is 0.271 e. The van der Waals surface area contributed by atoms with Gasteiger partial charge in [-0.25, -0.2) is 14.3 Å². The second-order valence-electron chi connectivity index (χ2n) is 7.48. The largest absolute Gasteiger partial charge is 0.334 e. The Morgan fingerprint density at radius 2 is 2.00 bits per heavy atom. The van der Waals surface area contributed by atoms with Crippen LogP contribution in [0.3, 0.4) is 0 Å². The van der Waals surface area contributed by atoms with E-state index in [9.17, 15) is 4.79 Å². The summed E-state index contributed by atoms with van der Waals surface area (Å²) in [5.74, 6) is 7.13. The fourth-order valence-electron chi connectivity index (χ4n) is 3.33. The predicted octanol–water partition coefficient (Wildman–Crippen LogP) is 3.84. The molecule has 1 aromatic carbocycles. The Morgan fingerprint density at radius 1 is 1.22 bits per heavy atom. The summed E-state index contributed by atoms with van der Waals surface area (Å²) in [5.41, 5.74) is 5.68. The lowest BCUT2D eigenvalue weighted by molar-refractivity contribution is -0.115. The van der Waals surface area contributed by atoms with Crippen LogP contribution in [0, 0.1) is 27.7 Å². The first-order valence-corrected chi connectivity index (χ1v) is 11.8. The van der Waals surface area contributed by atoms with Gasteiger partial charge in [0.15, 0.2) is 5.13 Å². The Hall–Kier alpha value is -3.18. The Balaban J connectivity index is 1.53. The number of amides is 1. The van der Waals surface area contributed by atoms with E-state index in [1.807, 2.05) is 57.3 Å². The summed E-state index contributed by atoms with van der Waals surface area (Å²) in [6.45, 7) is 9.45. The topological polar surface area (TPSA) is 108 Å². The number of aromatic nitrogens is 6. The zero-order chi connectivity index (χ0) is 23.0. The number of anilines is 2. The third-order valence-corrected chi connectivity index (χ3v) is 6.91. The Kier molecular flexibility index (Phi) is 6.02. The van der Waals surface area contributed by atoms with E-state index in [0.717, 1.165) is 33.9 Å². The highest BCUT2D eigenvalue weighted by molar-refractivity contribution is 7.98. The van der Waals surface area contributed by atoms with Crippen LogP contribution in [-0.2, 0) is 10.5 Å². The van der Waals surface area contributed by atoms with Gasteiger partial charge in [-0.1, -0.05) is 23.9 Å². The van der Waals surface area contributed by atoms with Crippen molar-refractivity contribution in [2.24, 2.45) is 0 Å². The average Bonchev–Trinajstić information content (AvgIpc) is 3.43. The van der Waals surface area contributed by atoms with Crippen LogP contribution in [0.2, 0.25) is 0 Å². The summed E-state index contributed by atoms with van der Waals surface area (Å²) in [6.07, 6.45) is 0. The molecule has 0 saturated heterocycles. The molecule has 0 spiro atoms. The molecule has 0 unspecified atom stereocenters. The minimum absolute atomic E-state index is 0.0801. The van der Waals surface area contributed by atoms with Crippen LogP contribution in [0.25, 0.3) is 5.95 Å². The first kappa shape index (κ1) is 22.0. The van der Waals surface area contributed by atoms with Crippen molar-refractivity contribution in [2.75, 3.05) is 10.7 Å². The van der Waals surface area contributed by atoms with Gasteiger partial charge in [-0.3, -0.25) is 9.69 Å². The van der Waals surface area contributed by atoms with Crippen LogP contribution in [0.5, 0.6) is 0 Å². The van der Waals surface area contributed by atoms with Crippen LogP contribution in [0.4, 0.5) is 10.8 Å². The highest BCUT2D eigenvalue weighted by atomic mass is 32.2. The second kappa shape index (κ2) is 8.75. The lowest BCUT2D eigenvalue weighted by atomic mass is 10.1. The average molecular weight is 469 g/mol. The molecule has 4 aromatic rings. The van der Waals surface area contributed by atoms with Crippen LogP contribution >= 0.6 is 23.1 Å². The van der Waals surface area contributed by atoms with Crippen LogP contribution < -0.4 is 10.7 Å². The Morgan fingerprint density at radius 3 is 2.69 bits per heavy atom. The number of nitrogens with zero attached hydrogens (tertiary/aromatic N) is 7. The van der Waals surface area contributed by atoms with Gasteiger partial charge in [0, 0.05) is 23.8 Å². The zero-order valence-corrected chi connectivity index (χ0v) is 20.2. The van der Waals surface area contributed by atoms with Crippen LogP contribution in [-0.4, -0.2) is 35.5 Å². The molecular weight excluding hydrogens is 444 g/mol. The molecule has 32 heavy (non-hydrogen) atoms. The summed E-state index contributed by atoms with van der Waals surface area (Å²) >= 11 is 2.86. The fraction of sp³-hybridized carbons (Fsp3) is 0.286. The number of nitrogens with two attached hydrogens (primary N) is 1. The predicted molar refractivity (Wildman–Crippen MR) is 127 cm³/mol. The molecule has 0 aliphatic heterocycles. The minimum Gasteiger partial charge on any atom is -0.334 e. The van der Waals surface area contributed by atoms with Crippen molar-refractivity contribution in [1.82, 2.24) is 29.6 Å². The molecule has 0 saturated carbocycles. The molecule has 3 aromatic heterocycles. The van der Waals surface area contributed by atoms with Crippen LogP contribution in [0.1, 0.15) is 35.1 Å². The monoisotopic (exact) mass is 468 g/mol. The van der Waals surface area contributed by atoms with Gasteiger partial charge in [0.05, 0.1) is 17.1 Å². The van der Waals surface area contributed by atoms with Crippen molar-refractivity contribution < 1.29 is 4.79 Å². The fourth-order valence-corrected chi connectivity index (χ4v) is 5.06. The molecule has 2 N–H and O–H groups in total. The van der Waals surface area contributed by atoms with Gasteiger partial charge in [0.1, 0.15) is 0 Å². The van der Waals surface area contributed by atoms with Crippen molar-refractivity contribution in [3.8, 4) is 5.95 Å². The summed E-state index contributed by atoms with van der Waals surface area (Å²) in [6, 6.07) is 7.88. The zero-order valence-electron chi connectivity index (χ0n) is 18.5. The number of nitrogen functional groups attached to an aromatic ring is 1. The number of hydrogen-bond donors (Lipinski definition) is 1. The molecule has 0 radical (unpaired) electrons. The molecular formula is C21H24N8OS2. The van der Waals surface area contributed by atoms with E-state index in [0.29, 0.717) is 22.0 Å². The quantitative estimate of drug-likeness (QED) is 0.338. The lowest BCUT2D eigenvalue weighted by Gasteiger charge is -2.21. The minimum atomic E-state index is -0.0801. The van der Waals surface area contributed by atoms with Gasteiger partial charge in [-0.05, 0) is 51.0 Å². The number of hydrogen-bond acceptors (Lipinski definition) is 8. The highest BCUT2D eigenvalue weighted by Gasteiger charge is 2.21. The molecule has 4 rings (SSSR count). The molecule has 11 heteroatoms. The summed E-state index contributed by atoms with van der Waals surface area (Å²) in [7, 11) is 0. The molecule has 166 valence electrons. The van der Waals surface area contributed by atoms with E-state index in [4.69, 9.17) is 10.8 Å². The van der Waals surface area contributed by atoms with E-state index in [2.05, 4.69) is 15.3 Å². The maximum atomic E-state index is 12.4. The number of aryl methyl sites for hydroxylation is 3. The summed E-state index contributed by atoms with van der Waals surface area (Å²) < 4.78 is 3.09. The van der Waals surface area contributed by atoms with Crippen molar-refractivity contribution >= 4 is 39.8 Å². The summed E-state index contributed by atoms with van der Waals surface area (Å²) in [4.78, 5) is 18.8. The Bertz CT molecular complexity index is 1290. The molecule has 0 fully saturated rings. The number of thioether (sulfide) groups is 1. The Labute approximate surface area is 194 Å². The van der Waals surface area contributed by atoms with Gasteiger partial charge in [0.2, 0.25) is 11.1 Å². The van der Waals surface area contributed by atoms with Gasteiger partial charge in [-0.2, -0.15) is 5.10 Å². The molecule has 0 atom stereocenters. The molecule has 3 heterocycles. The molecule has 9 nitrogen and oxygen atoms in total. The third kappa shape index (κ3) is 4.13. The first-order chi connectivity index (χ1) is 15.3. The molecule has 0 aliphatic carbocycles. The van der Waals surface area contributed by atoms with Crippen molar-refractivity contribution in [2.45, 2.75) is 45.5 Å². The maximum absolute atomic E-state index is 12.4. The normalized spacial score (nSPS) is 11.2. The van der Waals surface area contributed by atoms with Gasteiger partial charge in [-0.15, -0.1) is 21.5 Å². The van der Waals surface area contributed by atoms with E-state index < -0.39 is 0 Å². The van der Waals surface area contributed by atoms with E-state index >= 15 is 0 Å². The van der Waals surface area contributed by atoms with E-state index in [1.165, 1.54) is 27.8 Å². The molecule has 0 bridgehead atoms. The van der Waals surface area contributed by atoms with Crippen molar-refractivity contribution in [1.29, 1.82) is 0 Å². The standard InChI is InChI=1S/C21H24N8OS2/c1-12-7-6-8-18(15(12)4)27(16(5)30)20-23-17(10-31-20)11-32-21-25-24-19(28(21)22)29-14(3)9-13(2)26-29/h6-10H,11,22H2,1-5H3. The van der Waals surface area contributed by atoms with Crippen molar-refractivity contribution in [3.05, 3.63) is 57.9 Å². The van der Waals surface area contributed by atoms with Gasteiger partial charge < -0.3 is 5.84 Å². The van der Waals surface area contributed by atoms with Crippen molar-refractivity contribution in [3.63, 3.8) is 0 Å². The molecule has 0 aliphatic rings. The number of thiazole rings is 1. The van der Waals surface area contributed by atoms with Gasteiger partial charge in [0.25, 0.3) is 5.95 Å². The number of carbonyl (C=O) groups excluding carboxylic acids is 1. The second-order valence-corrected chi connectivity index (χ2v) is 9.25. The van der Waals surface area contributed by atoms with E-state index in [-0.39, 0.29) is 5.91 Å². The number of benzene rings is 1. The number of rotatable bonds is 6. The third-order valence-electron chi connectivity index (χ3n) is 5.06.